The third-order valence-corrected chi connectivity index (χ3v) is 3.67. The van der Waals surface area contributed by atoms with Crippen LogP contribution in [0.1, 0.15) is 18.4 Å². The first-order valence-electron chi connectivity index (χ1n) is 5.04. The summed E-state index contributed by atoms with van der Waals surface area (Å²) in [5.74, 6) is 0. The van der Waals surface area contributed by atoms with E-state index in [1.165, 1.54) is 5.56 Å². The van der Waals surface area contributed by atoms with Gasteiger partial charge in [-0.05, 0) is 30.5 Å². The summed E-state index contributed by atoms with van der Waals surface area (Å²) >= 11 is 0. The fourth-order valence-corrected chi connectivity index (χ4v) is 2.33. The van der Waals surface area contributed by atoms with E-state index in [9.17, 15) is 0 Å². The Kier molecular flexibility index (Phi) is 1.53. The molecule has 2 fully saturated rings. The maximum absolute atomic E-state index is 6.32. The predicted molar refractivity (Wildman–Crippen MR) is 52.9 cm³/mol. The number of pyridine rings is 1. The van der Waals surface area contributed by atoms with Gasteiger partial charge in [0.1, 0.15) is 0 Å². The molecular formula is C11H14N2O. The van der Waals surface area contributed by atoms with E-state index in [4.69, 9.17) is 10.5 Å². The number of nitrogens with two attached hydrogens (primary N) is 1. The Hall–Kier alpha value is -0.930. The lowest BCUT2D eigenvalue weighted by Gasteiger charge is -2.46. The second-order valence-electron chi connectivity index (χ2n) is 4.47. The highest BCUT2D eigenvalue weighted by atomic mass is 16.5. The Bertz CT molecular complexity index is 342. The van der Waals surface area contributed by atoms with Crippen LogP contribution in [-0.2, 0) is 10.2 Å². The van der Waals surface area contributed by atoms with Gasteiger partial charge in [0, 0.05) is 17.9 Å². The molecule has 0 atom stereocenters. The summed E-state index contributed by atoms with van der Waals surface area (Å²) in [6, 6.07) is 4.13. The highest BCUT2D eigenvalue weighted by molar-refractivity contribution is 5.36. The Morgan fingerprint density at radius 3 is 2.29 bits per heavy atom. The van der Waals surface area contributed by atoms with Gasteiger partial charge in [-0.25, -0.2) is 0 Å². The minimum absolute atomic E-state index is 0.00734. The molecule has 0 aromatic carbocycles. The summed E-state index contributed by atoms with van der Waals surface area (Å²) in [5, 5.41) is 0. The van der Waals surface area contributed by atoms with E-state index in [0.717, 1.165) is 26.1 Å². The van der Waals surface area contributed by atoms with E-state index < -0.39 is 0 Å². The van der Waals surface area contributed by atoms with Crippen molar-refractivity contribution in [3.05, 3.63) is 30.1 Å². The summed E-state index contributed by atoms with van der Waals surface area (Å²) in [6.45, 7) is 1.54. The van der Waals surface area contributed by atoms with Crippen LogP contribution in [0.2, 0.25) is 0 Å². The van der Waals surface area contributed by atoms with Crippen molar-refractivity contribution in [1.29, 1.82) is 0 Å². The van der Waals surface area contributed by atoms with Gasteiger partial charge in [0.15, 0.2) is 0 Å². The molecule has 3 nitrogen and oxygen atoms in total. The molecule has 2 N–H and O–H groups in total. The molecule has 0 unspecified atom stereocenters. The van der Waals surface area contributed by atoms with Gasteiger partial charge in [0.05, 0.1) is 18.6 Å². The first kappa shape index (κ1) is 8.38. The summed E-state index contributed by atoms with van der Waals surface area (Å²) in [4.78, 5) is 4.04. The minimum Gasteiger partial charge on any atom is -0.379 e. The molecule has 0 bridgehead atoms. The van der Waals surface area contributed by atoms with Crippen molar-refractivity contribution >= 4 is 0 Å². The van der Waals surface area contributed by atoms with Crippen molar-refractivity contribution in [1.82, 2.24) is 4.98 Å². The average molecular weight is 190 g/mol. The smallest absolute Gasteiger partial charge is 0.0603 e. The van der Waals surface area contributed by atoms with Crippen LogP contribution in [0.4, 0.5) is 0 Å². The first-order valence-corrected chi connectivity index (χ1v) is 5.04. The molecular weight excluding hydrogens is 176 g/mol. The number of nitrogens with zero attached hydrogens (tertiary/aromatic N) is 1. The summed E-state index contributed by atoms with van der Waals surface area (Å²) in [6.07, 6.45) is 5.92. The van der Waals surface area contributed by atoms with Crippen molar-refractivity contribution in [2.75, 3.05) is 13.2 Å². The maximum atomic E-state index is 6.32. The van der Waals surface area contributed by atoms with Gasteiger partial charge in [-0.3, -0.25) is 4.98 Å². The Morgan fingerprint density at radius 1 is 1.21 bits per heavy atom. The van der Waals surface area contributed by atoms with Gasteiger partial charge in [-0.1, -0.05) is 0 Å². The Morgan fingerprint density at radius 2 is 1.86 bits per heavy atom. The third-order valence-electron chi connectivity index (χ3n) is 3.67. The molecule has 74 valence electrons. The van der Waals surface area contributed by atoms with Crippen LogP contribution in [-0.4, -0.2) is 23.7 Å². The molecule has 1 aromatic rings. The lowest BCUT2D eigenvalue weighted by molar-refractivity contribution is -0.0786. The van der Waals surface area contributed by atoms with Crippen molar-refractivity contribution in [3.63, 3.8) is 0 Å². The van der Waals surface area contributed by atoms with Crippen molar-refractivity contribution < 1.29 is 4.74 Å². The van der Waals surface area contributed by atoms with Crippen LogP contribution < -0.4 is 5.73 Å². The normalized spacial score (nSPS) is 26.6. The van der Waals surface area contributed by atoms with E-state index in [1.807, 2.05) is 12.4 Å². The zero-order chi connectivity index (χ0) is 9.65. The number of hydrogen-bond acceptors (Lipinski definition) is 3. The second-order valence-corrected chi connectivity index (χ2v) is 4.47. The molecule has 1 aliphatic carbocycles. The molecule has 0 spiro atoms. The van der Waals surface area contributed by atoms with E-state index in [0.29, 0.717) is 0 Å². The van der Waals surface area contributed by atoms with Crippen molar-refractivity contribution in [2.45, 2.75) is 23.8 Å². The fraction of sp³-hybridized carbons (Fsp3) is 0.545. The van der Waals surface area contributed by atoms with E-state index in [-0.39, 0.29) is 11.0 Å². The van der Waals surface area contributed by atoms with Gasteiger partial charge in [-0.15, -0.1) is 0 Å². The standard InChI is InChI=1S/C11H14N2O/c12-11(3-4-11)10(7-14-8-10)9-1-5-13-6-2-9/h1-2,5-6H,3-4,7-8,12H2. The summed E-state index contributed by atoms with van der Waals surface area (Å²) < 4.78 is 5.36. The van der Waals surface area contributed by atoms with Crippen molar-refractivity contribution in [3.8, 4) is 0 Å². The van der Waals surface area contributed by atoms with Crippen LogP contribution >= 0.6 is 0 Å². The highest BCUT2D eigenvalue weighted by Crippen LogP contribution is 2.53. The van der Waals surface area contributed by atoms with Gasteiger partial charge >= 0.3 is 0 Å². The van der Waals surface area contributed by atoms with Crippen LogP contribution in [0.3, 0.4) is 0 Å². The number of aromatic nitrogens is 1. The van der Waals surface area contributed by atoms with Gasteiger partial charge in [0.25, 0.3) is 0 Å². The Balaban J connectivity index is 2.02. The average Bonchev–Trinajstić information content (AvgIpc) is 2.84. The number of hydrogen-bond donors (Lipinski definition) is 1. The molecule has 1 saturated heterocycles. The molecule has 1 saturated carbocycles. The zero-order valence-corrected chi connectivity index (χ0v) is 8.07. The SMILES string of the molecule is NC1(C2(c3ccncc3)COC2)CC1. The molecule has 3 rings (SSSR count). The van der Waals surface area contributed by atoms with Gasteiger partial charge < -0.3 is 10.5 Å². The molecule has 0 amide bonds. The summed E-state index contributed by atoms with van der Waals surface area (Å²) in [5.41, 5.74) is 7.68. The maximum Gasteiger partial charge on any atom is 0.0603 e. The third kappa shape index (κ3) is 0.913. The van der Waals surface area contributed by atoms with E-state index in [2.05, 4.69) is 17.1 Å². The Labute approximate surface area is 83.3 Å². The highest BCUT2D eigenvalue weighted by Gasteiger charge is 2.61. The molecule has 14 heavy (non-hydrogen) atoms. The van der Waals surface area contributed by atoms with Crippen LogP contribution in [0.5, 0.6) is 0 Å². The van der Waals surface area contributed by atoms with Gasteiger partial charge in [0.2, 0.25) is 0 Å². The molecule has 2 aliphatic rings. The topological polar surface area (TPSA) is 48.1 Å². The second kappa shape index (κ2) is 2.55. The minimum atomic E-state index is -0.00734. The monoisotopic (exact) mass is 190 g/mol. The van der Waals surface area contributed by atoms with Crippen LogP contribution in [0.25, 0.3) is 0 Å². The predicted octanol–water partition coefficient (Wildman–Crippen LogP) is 0.841. The zero-order valence-electron chi connectivity index (χ0n) is 8.07. The molecule has 1 aromatic heterocycles. The number of ether oxygens (including phenoxy) is 1. The lowest BCUT2D eigenvalue weighted by Crippen LogP contribution is -2.60. The molecule has 0 radical (unpaired) electrons. The fourth-order valence-electron chi connectivity index (χ4n) is 2.33. The summed E-state index contributed by atoms with van der Waals surface area (Å²) in [7, 11) is 0. The molecule has 3 heteroatoms. The van der Waals surface area contributed by atoms with Crippen LogP contribution in [0.15, 0.2) is 24.5 Å². The van der Waals surface area contributed by atoms with E-state index >= 15 is 0 Å². The largest absolute Gasteiger partial charge is 0.379 e. The number of rotatable bonds is 2. The van der Waals surface area contributed by atoms with Crippen molar-refractivity contribution in [2.24, 2.45) is 5.73 Å². The quantitative estimate of drug-likeness (QED) is 0.751. The van der Waals surface area contributed by atoms with Crippen LogP contribution in [0, 0.1) is 0 Å². The first-order chi connectivity index (χ1) is 6.77. The van der Waals surface area contributed by atoms with Gasteiger partial charge in [-0.2, -0.15) is 0 Å². The molecule has 2 heterocycles. The lowest BCUT2D eigenvalue weighted by atomic mass is 9.71. The molecule has 1 aliphatic heterocycles. The van der Waals surface area contributed by atoms with E-state index in [1.54, 1.807) is 0 Å².